The van der Waals surface area contributed by atoms with E-state index in [1.54, 1.807) is 17.0 Å². The van der Waals surface area contributed by atoms with Gasteiger partial charge in [0.2, 0.25) is 0 Å². The van der Waals surface area contributed by atoms with Crippen molar-refractivity contribution in [2.45, 2.75) is 13.0 Å². The fourth-order valence-electron chi connectivity index (χ4n) is 3.27. The van der Waals surface area contributed by atoms with Crippen LogP contribution in [0, 0.1) is 10.1 Å². The fourth-order valence-corrected chi connectivity index (χ4v) is 3.27. The summed E-state index contributed by atoms with van der Waals surface area (Å²) in [6.07, 6.45) is 0.730. The van der Waals surface area contributed by atoms with Crippen LogP contribution in [-0.2, 0) is 13.0 Å². The van der Waals surface area contributed by atoms with Crippen molar-refractivity contribution in [3.05, 3.63) is 69.9 Å². The highest BCUT2D eigenvalue weighted by Gasteiger charge is 2.25. The predicted molar refractivity (Wildman–Crippen MR) is 94.5 cm³/mol. The first kappa shape index (κ1) is 15.2. The lowest BCUT2D eigenvalue weighted by Gasteiger charge is -2.27. The molecule has 1 aromatic heterocycles. The second-order valence-corrected chi connectivity index (χ2v) is 6.00. The van der Waals surface area contributed by atoms with Crippen LogP contribution < -0.4 is 5.32 Å². The number of nitro groups is 1. The minimum absolute atomic E-state index is 0.111. The van der Waals surface area contributed by atoms with Crippen molar-refractivity contribution in [1.82, 2.24) is 9.88 Å². The number of carbonyl (C=O) groups excluding carboxylic acids is 1. The molecule has 3 aromatic rings. The third-order valence-corrected chi connectivity index (χ3v) is 4.51. The van der Waals surface area contributed by atoms with E-state index in [4.69, 9.17) is 0 Å². The van der Waals surface area contributed by atoms with Crippen LogP contribution in [0.3, 0.4) is 0 Å². The molecule has 7 heteroatoms. The van der Waals surface area contributed by atoms with Crippen molar-refractivity contribution in [3.63, 3.8) is 0 Å². The highest BCUT2D eigenvalue weighted by Crippen LogP contribution is 2.29. The molecule has 0 saturated carbocycles. The number of aromatic amines is 1. The fraction of sp³-hybridized carbons (Fsp3) is 0.167. The van der Waals surface area contributed by atoms with Gasteiger partial charge in [-0.25, -0.2) is 4.79 Å². The Hall–Kier alpha value is -3.35. The first-order valence-corrected chi connectivity index (χ1v) is 8.01. The number of carbonyl (C=O) groups is 1. The minimum Gasteiger partial charge on any atom is -0.358 e. The second kappa shape index (κ2) is 5.94. The number of para-hydroxylation sites is 3. The number of aromatic nitrogens is 1. The Kier molecular flexibility index (Phi) is 3.61. The first-order valence-electron chi connectivity index (χ1n) is 8.01. The van der Waals surface area contributed by atoms with Gasteiger partial charge in [-0.15, -0.1) is 0 Å². The van der Waals surface area contributed by atoms with Crippen LogP contribution in [0.15, 0.2) is 48.5 Å². The summed E-state index contributed by atoms with van der Waals surface area (Å²) in [7, 11) is 0. The lowest BCUT2D eigenvalue weighted by Crippen LogP contribution is -2.38. The summed E-state index contributed by atoms with van der Waals surface area (Å²) in [5.74, 6) is 0. The molecule has 0 aliphatic carbocycles. The molecule has 0 spiro atoms. The molecule has 0 atom stereocenters. The van der Waals surface area contributed by atoms with Crippen LogP contribution in [-0.4, -0.2) is 27.4 Å². The molecular formula is C18H16N4O3. The molecule has 2 amide bonds. The predicted octanol–water partition coefficient (Wildman–Crippen LogP) is 3.67. The van der Waals surface area contributed by atoms with E-state index < -0.39 is 4.92 Å². The lowest BCUT2D eigenvalue weighted by atomic mass is 10.0. The average molecular weight is 336 g/mol. The standard InChI is InChI=1S/C18H16N4O3/c23-18(20-16-7-3-4-8-17(16)22(24)25)21-10-9-15-13(11-21)12-5-1-2-6-14(12)19-15/h1-8,19H,9-11H2,(H,20,23). The number of urea groups is 1. The van der Waals surface area contributed by atoms with Crippen molar-refractivity contribution in [2.24, 2.45) is 0 Å². The maximum Gasteiger partial charge on any atom is 0.322 e. The molecule has 0 saturated heterocycles. The maximum atomic E-state index is 12.6. The highest BCUT2D eigenvalue weighted by atomic mass is 16.6. The van der Waals surface area contributed by atoms with E-state index in [9.17, 15) is 14.9 Å². The number of rotatable bonds is 2. The van der Waals surface area contributed by atoms with E-state index in [2.05, 4.69) is 10.3 Å². The van der Waals surface area contributed by atoms with Crippen molar-refractivity contribution >= 4 is 28.3 Å². The zero-order valence-corrected chi connectivity index (χ0v) is 13.4. The van der Waals surface area contributed by atoms with Crippen LogP contribution in [0.1, 0.15) is 11.3 Å². The number of nitro benzene ring substituents is 1. The number of amides is 2. The summed E-state index contributed by atoms with van der Waals surface area (Å²) in [6.45, 7) is 1.04. The van der Waals surface area contributed by atoms with Crippen LogP contribution in [0.4, 0.5) is 16.2 Å². The molecule has 2 aromatic carbocycles. The van der Waals surface area contributed by atoms with E-state index in [0.717, 1.165) is 28.6 Å². The number of nitrogens with one attached hydrogen (secondary N) is 2. The van der Waals surface area contributed by atoms with Gasteiger partial charge in [0.15, 0.2) is 0 Å². The van der Waals surface area contributed by atoms with E-state index >= 15 is 0 Å². The van der Waals surface area contributed by atoms with Gasteiger partial charge < -0.3 is 15.2 Å². The average Bonchev–Trinajstić information content (AvgIpc) is 2.99. The van der Waals surface area contributed by atoms with E-state index in [0.29, 0.717) is 13.1 Å². The summed E-state index contributed by atoms with van der Waals surface area (Å²) >= 11 is 0. The van der Waals surface area contributed by atoms with E-state index in [1.807, 2.05) is 24.3 Å². The number of benzene rings is 2. The minimum atomic E-state index is -0.496. The SMILES string of the molecule is O=C(Nc1ccccc1[N+](=O)[O-])N1CCc2[nH]c3ccccc3c2C1. The van der Waals surface area contributed by atoms with Gasteiger partial charge in [-0.3, -0.25) is 10.1 Å². The number of anilines is 1. The Morgan fingerprint density at radius 2 is 1.92 bits per heavy atom. The normalized spacial score (nSPS) is 13.5. The molecule has 0 unspecified atom stereocenters. The Labute approximate surface area is 143 Å². The molecule has 7 nitrogen and oxygen atoms in total. The third kappa shape index (κ3) is 2.69. The van der Waals surface area contributed by atoms with Gasteiger partial charge in [-0.05, 0) is 12.1 Å². The van der Waals surface area contributed by atoms with Gasteiger partial charge in [-0.1, -0.05) is 30.3 Å². The lowest BCUT2D eigenvalue weighted by molar-refractivity contribution is -0.383. The van der Waals surface area contributed by atoms with Gasteiger partial charge in [0.05, 0.1) is 4.92 Å². The molecule has 1 aliphatic rings. The van der Waals surface area contributed by atoms with Crippen LogP contribution in [0.5, 0.6) is 0 Å². The highest BCUT2D eigenvalue weighted by molar-refractivity contribution is 5.93. The molecule has 2 heterocycles. The van der Waals surface area contributed by atoms with E-state index in [-0.39, 0.29) is 17.4 Å². The quantitative estimate of drug-likeness (QED) is 0.552. The number of H-pyrrole nitrogens is 1. The van der Waals surface area contributed by atoms with Crippen molar-refractivity contribution in [2.75, 3.05) is 11.9 Å². The smallest absolute Gasteiger partial charge is 0.322 e. The Morgan fingerprint density at radius 3 is 2.76 bits per heavy atom. The maximum absolute atomic E-state index is 12.6. The monoisotopic (exact) mass is 336 g/mol. The Balaban J connectivity index is 1.58. The molecule has 0 bridgehead atoms. The molecule has 1 aliphatic heterocycles. The molecule has 0 radical (unpaired) electrons. The molecular weight excluding hydrogens is 320 g/mol. The summed E-state index contributed by atoms with van der Waals surface area (Å²) in [5.41, 5.74) is 3.42. The summed E-state index contributed by atoms with van der Waals surface area (Å²) in [6, 6.07) is 13.8. The van der Waals surface area contributed by atoms with Crippen LogP contribution >= 0.6 is 0 Å². The molecule has 0 fully saturated rings. The number of nitrogens with zero attached hydrogens (tertiary/aromatic N) is 2. The summed E-state index contributed by atoms with van der Waals surface area (Å²) < 4.78 is 0. The first-order chi connectivity index (χ1) is 12.1. The van der Waals surface area contributed by atoms with Gasteiger partial charge >= 0.3 is 6.03 Å². The van der Waals surface area contributed by atoms with Crippen molar-refractivity contribution in [3.8, 4) is 0 Å². The van der Waals surface area contributed by atoms with Gasteiger partial charge in [-0.2, -0.15) is 0 Å². The van der Waals surface area contributed by atoms with Gasteiger partial charge in [0.1, 0.15) is 5.69 Å². The Bertz CT molecular complexity index is 979. The van der Waals surface area contributed by atoms with Crippen LogP contribution in [0.25, 0.3) is 10.9 Å². The molecule has 2 N–H and O–H groups in total. The number of fused-ring (bicyclic) bond motifs is 3. The van der Waals surface area contributed by atoms with Crippen molar-refractivity contribution < 1.29 is 9.72 Å². The molecule has 126 valence electrons. The van der Waals surface area contributed by atoms with Gasteiger partial charge in [0.25, 0.3) is 5.69 Å². The van der Waals surface area contributed by atoms with Crippen LogP contribution in [0.2, 0.25) is 0 Å². The van der Waals surface area contributed by atoms with Crippen molar-refractivity contribution in [1.29, 1.82) is 0 Å². The van der Waals surface area contributed by atoms with Gasteiger partial charge in [0, 0.05) is 47.7 Å². The molecule has 4 rings (SSSR count). The zero-order valence-electron chi connectivity index (χ0n) is 13.4. The summed E-state index contributed by atoms with van der Waals surface area (Å²) in [4.78, 5) is 28.3. The second-order valence-electron chi connectivity index (χ2n) is 6.00. The van der Waals surface area contributed by atoms with E-state index in [1.165, 1.54) is 12.1 Å². The zero-order chi connectivity index (χ0) is 17.4. The molecule has 25 heavy (non-hydrogen) atoms. The largest absolute Gasteiger partial charge is 0.358 e. The third-order valence-electron chi connectivity index (χ3n) is 4.51. The number of hydrogen-bond donors (Lipinski definition) is 2. The summed E-state index contributed by atoms with van der Waals surface area (Å²) in [5, 5.41) is 14.9. The Morgan fingerprint density at radius 1 is 1.16 bits per heavy atom. The topological polar surface area (TPSA) is 91.3 Å². The number of hydrogen-bond acceptors (Lipinski definition) is 3.